The van der Waals surface area contributed by atoms with Gasteiger partial charge in [0.25, 0.3) is 11.8 Å². The molecule has 0 saturated heterocycles. The second-order valence-corrected chi connectivity index (χ2v) is 4.48. The molecule has 0 aromatic heterocycles. The highest BCUT2D eigenvalue weighted by Gasteiger charge is 2.39. The molecule has 1 heterocycles. The molecular weight excluding hydrogens is 240 g/mol. The Balaban J connectivity index is 2.42. The van der Waals surface area contributed by atoms with Crippen molar-refractivity contribution in [3.63, 3.8) is 0 Å². The average Bonchev–Trinajstić information content (AvgIpc) is 2.53. The number of nitrogens with zero attached hydrogens (tertiary/aromatic N) is 1. The summed E-state index contributed by atoms with van der Waals surface area (Å²) in [6, 6.07) is 4.70. The molecule has 0 saturated carbocycles. The van der Waals surface area contributed by atoms with E-state index >= 15 is 0 Å². The van der Waals surface area contributed by atoms with E-state index in [1.54, 1.807) is 18.2 Å². The lowest BCUT2D eigenvalue weighted by molar-refractivity contribution is 0.0592. The van der Waals surface area contributed by atoms with Crippen LogP contribution in [-0.2, 0) is 0 Å². The van der Waals surface area contributed by atoms with Crippen LogP contribution in [-0.4, -0.2) is 29.3 Å². The van der Waals surface area contributed by atoms with Crippen LogP contribution in [0, 0.1) is 0 Å². The van der Waals surface area contributed by atoms with Gasteiger partial charge in [0, 0.05) is 6.04 Å². The van der Waals surface area contributed by atoms with E-state index in [2.05, 4.69) is 0 Å². The maximum absolute atomic E-state index is 12.1. The largest absolute Gasteiger partial charge is 0.330 e. The number of halogens is 1. The normalized spacial score (nSPS) is 16.3. The molecule has 90 valence electrons. The molecule has 0 bridgehead atoms. The molecule has 0 aliphatic carbocycles. The topological polar surface area (TPSA) is 63.4 Å². The fourth-order valence-corrected chi connectivity index (χ4v) is 2.29. The summed E-state index contributed by atoms with van der Waals surface area (Å²) in [6.45, 7) is 2.24. The Morgan fingerprint density at radius 2 is 2.06 bits per heavy atom. The Labute approximate surface area is 104 Å². The summed E-state index contributed by atoms with van der Waals surface area (Å²) < 4.78 is 0. The van der Waals surface area contributed by atoms with Crippen LogP contribution in [0.3, 0.4) is 0 Å². The van der Waals surface area contributed by atoms with Gasteiger partial charge < -0.3 is 5.73 Å². The first kappa shape index (κ1) is 12.1. The SMILES string of the molecule is CC(CCN)N1C(=O)c2cccc(Cl)c2C1=O. The molecule has 2 amide bonds. The smallest absolute Gasteiger partial charge is 0.263 e. The van der Waals surface area contributed by atoms with Gasteiger partial charge in [0.2, 0.25) is 0 Å². The number of nitrogens with two attached hydrogens (primary N) is 1. The van der Waals surface area contributed by atoms with E-state index in [1.165, 1.54) is 4.90 Å². The van der Waals surface area contributed by atoms with Gasteiger partial charge in [0.15, 0.2) is 0 Å². The molecule has 5 heteroatoms. The van der Waals surface area contributed by atoms with Gasteiger partial charge >= 0.3 is 0 Å². The summed E-state index contributed by atoms with van der Waals surface area (Å²) >= 11 is 5.95. The number of imide groups is 1. The zero-order valence-electron chi connectivity index (χ0n) is 9.44. The second kappa shape index (κ2) is 4.47. The Hall–Kier alpha value is -1.39. The van der Waals surface area contributed by atoms with Crippen molar-refractivity contribution < 1.29 is 9.59 Å². The van der Waals surface area contributed by atoms with Crippen LogP contribution in [0.5, 0.6) is 0 Å². The van der Waals surface area contributed by atoms with Gasteiger partial charge in [-0.1, -0.05) is 17.7 Å². The van der Waals surface area contributed by atoms with Gasteiger partial charge in [-0.25, -0.2) is 0 Å². The zero-order chi connectivity index (χ0) is 12.6. The molecular formula is C12H13ClN2O2. The quantitative estimate of drug-likeness (QED) is 0.833. The van der Waals surface area contributed by atoms with Crippen molar-refractivity contribution in [1.29, 1.82) is 0 Å². The third-order valence-corrected chi connectivity index (χ3v) is 3.24. The molecule has 0 spiro atoms. The average molecular weight is 253 g/mol. The molecule has 1 aromatic rings. The number of amides is 2. The summed E-state index contributed by atoms with van der Waals surface area (Å²) in [4.78, 5) is 25.4. The molecule has 0 fully saturated rings. The summed E-state index contributed by atoms with van der Waals surface area (Å²) in [5.41, 5.74) is 6.14. The van der Waals surface area contributed by atoms with Crippen LogP contribution in [0.2, 0.25) is 5.02 Å². The first-order valence-corrected chi connectivity index (χ1v) is 5.82. The van der Waals surface area contributed by atoms with Crippen molar-refractivity contribution in [1.82, 2.24) is 4.90 Å². The minimum Gasteiger partial charge on any atom is -0.330 e. The maximum atomic E-state index is 12.1. The van der Waals surface area contributed by atoms with Crippen LogP contribution in [0.1, 0.15) is 34.1 Å². The maximum Gasteiger partial charge on any atom is 0.263 e. The summed E-state index contributed by atoms with van der Waals surface area (Å²) in [7, 11) is 0. The van der Waals surface area contributed by atoms with E-state index in [0.717, 1.165) is 0 Å². The predicted molar refractivity (Wildman–Crippen MR) is 65.1 cm³/mol. The first-order valence-electron chi connectivity index (χ1n) is 5.44. The van der Waals surface area contributed by atoms with Crippen LogP contribution in [0.15, 0.2) is 18.2 Å². The van der Waals surface area contributed by atoms with E-state index in [1.807, 2.05) is 6.92 Å². The van der Waals surface area contributed by atoms with Crippen molar-refractivity contribution in [2.45, 2.75) is 19.4 Å². The Morgan fingerprint density at radius 1 is 1.35 bits per heavy atom. The minimum absolute atomic E-state index is 0.205. The number of benzene rings is 1. The standard InChI is InChI=1S/C12H13ClN2O2/c1-7(5-6-14)15-11(16)8-3-2-4-9(13)10(8)12(15)17/h2-4,7H,5-6,14H2,1H3. The molecule has 2 N–H and O–H groups in total. The van der Waals surface area contributed by atoms with Gasteiger partial charge in [-0.2, -0.15) is 0 Å². The Kier molecular flexibility index (Phi) is 3.17. The summed E-state index contributed by atoms with van der Waals surface area (Å²) in [6.07, 6.45) is 0.586. The van der Waals surface area contributed by atoms with Crippen molar-refractivity contribution >= 4 is 23.4 Å². The second-order valence-electron chi connectivity index (χ2n) is 4.07. The van der Waals surface area contributed by atoms with Crippen LogP contribution < -0.4 is 5.73 Å². The first-order chi connectivity index (χ1) is 8.07. The lowest BCUT2D eigenvalue weighted by Crippen LogP contribution is -2.39. The molecule has 1 aliphatic heterocycles. The summed E-state index contributed by atoms with van der Waals surface area (Å²) in [5.74, 6) is -0.606. The van der Waals surface area contributed by atoms with E-state index in [4.69, 9.17) is 17.3 Å². The van der Waals surface area contributed by atoms with Crippen LogP contribution >= 0.6 is 11.6 Å². The van der Waals surface area contributed by atoms with Gasteiger partial charge in [-0.05, 0) is 32.0 Å². The van der Waals surface area contributed by atoms with Crippen molar-refractivity contribution in [3.8, 4) is 0 Å². The van der Waals surface area contributed by atoms with E-state index in [0.29, 0.717) is 29.1 Å². The van der Waals surface area contributed by atoms with E-state index < -0.39 is 0 Å². The van der Waals surface area contributed by atoms with Gasteiger partial charge in [0.1, 0.15) is 0 Å². The number of carbonyl (C=O) groups is 2. The summed E-state index contributed by atoms with van der Waals surface area (Å²) in [5, 5.41) is 0.322. The lowest BCUT2D eigenvalue weighted by Gasteiger charge is -2.21. The molecule has 1 aliphatic rings. The monoisotopic (exact) mass is 252 g/mol. The van der Waals surface area contributed by atoms with E-state index in [-0.39, 0.29) is 17.9 Å². The van der Waals surface area contributed by atoms with Crippen molar-refractivity contribution in [3.05, 3.63) is 34.3 Å². The van der Waals surface area contributed by atoms with Gasteiger partial charge in [0.05, 0.1) is 16.1 Å². The molecule has 1 aromatic carbocycles. The highest BCUT2D eigenvalue weighted by molar-refractivity contribution is 6.37. The third-order valence-electron chi connectivity index (χ3n) is 2.92. The van der Waals surface area contributed by atoms with Gasteiger partial charge in [-0.3, -0.25) is 14.5 Å². The highest BCUT2D eigenvalue weighted by atomic mass is 35.5. The number of hydrogen-bond donors (Lipinski definition) is 1. The zero-order valence-corrected chi connectivity index (χ0v) is 10.2. The minimum atomic E-state index is -0.323. The Bertz CT molecular complexity index is 487. The Morgan fingerprint density at radius 3 is 2.65 bits per heavy atom. The molecule has 4 nitrogen and oxygen atoms in total. The van der Waals surface area contributed by atoms with Crippen LogP contribution in [0.4, 0.5) is 0 Å². The molecule has 0 radical (unpaired) electrons. The third kappa shape index (κ3) is 1.83. The number of hydrogen-bond acceptors (Lipinski definition) is 3. The predicted octanol–water partition coefficient (Wildman–Crippen LogP) is 1.67. The molecule has 1 atom stereocenters. The molecule has 2 rings (SSSR count). The number of rotatable bonds is 3. The van der Waals surface area contributed by atoms with Crippen molar-refractivity contribution in [2.24, 2.45) is 5.73 Å². The van der Waals surface area contributed by atoms with Crippen LogP contribution in [0.25, 0.3) is 0 Å². The van der Waals surface area contributed by atoms with Gasteiger partial charge in [-0.15, -0.1) is 0 Å². The number of carbonyl (C=O) groups excluding carboxylic acids is 2. The van der Waals surface area contributed by atoms with Crippen molar-refractivity contribution in [2.75, 3.05) is 6.54 Å². The number of fused-ring (bicyclic) bond motifs is 1. The fourth-order valence-electron chi connectivity index (χ4n) is 2.03. The molecule has 1 unspecified atom stereocenters. The molecule has 17 heavy (non-hydrogen) atoms. The fraction of sp³-hybridized carbons (Fsp3) is 0.333. The lowest BCUT2D eigenvalue weighted by atomic mass is 10.1. The van der Waals surface area contributed by atoms with E-state index in [9.17, 15) is 9.59 Å². The highest BCUT2D eigenvalue weighted by Crippen LogP contribution is 2.30.